The summed E-state index contributed by atoms with van der Waals surface area (Å²) in [5, 5.41) is 0.250. The van der Waals surface area contributed by atoms with Crippen molar-refractivity contribution in [2.75, 3.05) is 19.3 Å². The van der Waals surface area contributed by atoms with E-state index in [0.29, 0.717) is 18.2 Å². The number of piperidine rings is 1. The third-order valence-corrected chi connectivity index (χ3v) is 5.21. The van der Waals surface area contributed by atoms with E-state index in [-0.39, 0.29) is 11.2 Å². The maximum absolute atomic E-state index is 11.5. The average molecular weight is 245 g/mol. The third kappa shape index (κ3) is 3.39. The van der Waals surface area contributed by atoms with Crippen LogP contribution in [-0.4, -0.2) is 45.5 Å². The van der Waals surface area contributed by atoms with Crippen LogP contribution in [0.2, 0.25) is 0 Å². The third-order valence-electron chi connectivity index (χ3n) is 3.84. The zero-order valence-electron chi connectivity index (χ0n) is 10.7. The Morgan fingerprint density at radius 2 is 2.12 bits per heavy atom. The molecule has 94 valence electrons. The molecule has 0 radical (unpaired) electrons. The summed E-state index contributed by atoms with van der Waals surface area (Å²) >= 11 is 0. The van der Waals surface area contributed by atoms with Gasteiger partial charge in [0.2, 0.25) is 0 Å². The van der Waals surface area contributed by atoms with E-state index in [1.807, 2.05) is 13.8 Å². The highest BCUT2D eigenvalue weighted by atomic mass is 32.2. The fourth-order valence-corrected chi connectivity index (χ4v) is 2.54. The highest BCUT2D eigenvalue weighted by Crippen LogP contribution is 2.20. The van der Waals surface area contributed by atoms with Gasteiger partial charge in [0.25, 0.3) is 0 Å². The number of Topliss-reactive ketones (excluding diaryl/α,β-unsaturated/α-hetero) is 1. The summed E-state index contributed by atoms with van der Waals surface area (Å²) in [6.45, 7) is 7.99. The molecular weight excluding hydrogens is 222 g/mol. The van der Waals surface area contributed by atoms with Gasteiger partial charge in [-0.15, -0.1) is 0 Å². The van der Waals surface area contributed by atoms with Crippen LogP contribution in [-0.2, 0) is 15.6 Å². The smallest absolute Gasteiger partial charge is 0.138 e. The van der Waals surface area contributed by atoms with Crippen molar-refractivity contribution in [1.82, 2.24) is 4.90 Å². The van der Waals surface area contributed by atoms with Gasteiger partial charge >= 0.3 is 0 Å². The number of carbonyl (C=O) groups is 1. The first-order chi connectivity index (χ1) is 7.43. The molecule has 0 saturated carbocycles. The van der Waals surface area contributed by atoms with Gasteiger partial charge in [-0.25, -0.2) is 0 Å². The number of hydrogen-bond acceptors (Lipinski definition) is 3. The van der Waals surface area contributed by atoms with Crippen molar-refractivity contribution in [2.24, 2.45) is 5.92 Å². The zero-order chi connectivity index (χ0) is 12.3. The van der Waals surface area contributed by atoms with Crippen LogP contribution >= 0.6 is 0 Å². The summed E-state index contributed by atoms with van der Waals surface area (Å²) in [4.78, 5) is 13.9. The summed E-state index contributed by atoms with van der Waals surface area (Å²) in [7, 11) is -0.735. The van der Waals surface area contributed by atoms with Gasteiger partial charge in [-0.3, -0.25) is 13.9 Å². The minimum atomic E-state index is -0.735. The van der Waals surface area contributed by atoms with Crippen molar-refractivity contribution in [3.63, 3.8) is 0 Å². The minimum Gasteiger partial charge on any atom is -0.299 e. The second kappa shape index (κ2) is 5.92. The van der Waals surface area contributed by atoms with Crippen molar-refractivity contribution in [3.8, 4) is 0 Å². The predicted octanol–water partition coefficient (Wildman–Crippen LogP) is 1.44. The molecule has 1 aliphatic rings. The Morgan fingerprint density at radius 1 is 1.50 bits per heavy atom. The van der Waals surface area contributed by atoms with Gasteiger partial charge in [0, 0.05) is 47.2 Å². The molecule has 0 aromatic heterocycles. The van der Waals surface area contributed by atoms with Crippen LogP contribution in [0.25, 0.3) is 0 Å². The van der Waals surface area contributed by atoms with Gasteiger partial charge < -0.3 is 0 Å². The van der Waals surface area contributed by atoms with E-state index in [0.717, 1.165) is 19.5 Å². The van der Waals surface area contributed by atoms with E-state index in [1.54, 1.807) is 6.26 Å². The Morgan fingerprint density at radius 3 is 2.69 bits per heavy atom. The maximum Gasteiger partial charge on any atom is 0.138 e. The van der Waals surface area contributed by atoms with Gasteiger partial charge in [0.15, 0.2) is 0 Å². The highest BCUT2D eigenvalue weighted by Gasteiger charge is 2.30. The summed E-state index contributed by atoms with van der Waals surface area (Å²) in [5.41, 5.74) is 0. The van der Waals surface area contributed by atoms with Gasteiger partial charge in [-0.05, 0) is 19.9 Å². The van der Waals surface area contributed by atoms with Gasteiger partial charge in [-0.1, -0.05) is 13.8 Å². The molecule has 0 aliphatic carbocycles. The van der Waals surface area contributed by atoms with E-state index in [2.05, 4.69) is 11.8 Å². The summed E-state index contributed by atoms with van der Waals surface area (Å²) in [6.07, 6.45) is 3.39. The van der Waals surface area contributed by atoms with E-state index in [1.165, 1.54) is 0 Å². The molecule has 4 heteroatoms. The quantitative estimate of drug-likeness (QED) is 0.752. The molecule has 1 fully saturated rings. The van der Waals surface area contributed by atoms with E-state index in [9.17, 15) is 9.00 Å². The van der Waals surface area contributed by atoms with Gasteiger partial charge in [-0.2, -0.15) is 0 Å². The summed E-state index contributed by atoms with van der Waals surface area (Å²) < 4.78 is 11.3. The number of nitrogens with zero attached hydrogens (tertiary/aromatic N) is 1. The lowest BCUT2D eigenvalue weighted by molar-refractivity contribution is -0.127. The van der Waals surface area contributed by atoms with Crippen LogP contribution in [0.3, 0.4) is 0 Å². The largest absolute Gasteiger partial charge is 0.299 e. The molecule has 1 heterocycles. The van der Waals surface area contributed by atoms with Crippen LogP contribution in [0.1, 0.15) is 33.6 Å². The van der Waals surface area contributed by atoms with Crippen LogP contribution in [0.4, 0.5) is 0 Å². The fraction of sp³-hybridized carbons (Fsp3) is 0.917. The molecule has 0 aromatic rings. The van der Waals surface area contributed by atoms with E-state index in [4.69, 9.17) is 0 Å². The first-order valence-corrected chi connectivity index (χ1v) is 7.64. The predicted molar refractivity (Wildman–Crippen MR) is 68.0 cm³/mol. The fourth-order valence-electron chi connectivity index (χ4n) is 2.10. The number of ketones is 1. The van der Waals surface area contributed by atoms with E-state index >= 15 is 0 Å². The lowest BCUT2D eigenvalue weighted by Gasteiger charge is -2.37. The second-order valence-electron chi connectivity index (χ2n) is 4.88. The molecule has 1 saturated heterocycles. The van der Waals surface area contributed by atoms with Crippen molar-refractivity contribution >= 4 is 16.6 Å². The first kappa shape index (κ1) is 13.8. The molecular formula is C12H23NO2S. The standard InChI is InChI=1S/C12H23NO2S/c1-9(16(4)15)5-7-13-8-6-12(14)10(2)11(13)3/h9-11H,5-8H2,1-4H3. The average Bonchev–Trinajstić information content (AvgIpc) is 2.24. The van der Waals surface area contributed by atoms with Crippen molar-refractivity contribution in [1.29, 1.82) is 0 Å². The number of rotatable bonds is 4. The Hall–Kier alpha value is -0.220. The summed E-state index contributed by atoms with van der Waals surface area (Å²) in [6, 6.07) is 0.332. The molecule has 0 amide bonds. The van der Waals surface area contributed by atoms with Gasteiger partial charge in [0.05, 0.1) is 0 Å². The van der Waals surface area contributed by atoms with Gasteiger partial charge in [0.1, 0.15) is 5.78 Å². The monoisotopic (exact) mass is 245 g/mol. The van der Waals surface area contributed by atoms with E-state index < -0.39 is 10.8 Å². The molecule has 3 nitrogen and oxygen atoms in total. The normalized spacial score (nSPS) is 31.4. The van der Waals surface area contributed by atoms with Crippen LogP contribution < -0.4 is 0 Å². The topological polar surface area (TPSA) is 37.4 Å². The number of hydrogen-bond donors (Lipinski definition) is 0. The molecule has 1 rings (SSSR count). The molecule has 4 unspecified atom stereocenters. The Balaban J connectivity index is 2.43. The second-order valence-corrected chi connectivity index (χ2v) is 6.68. The first-order valence-electron chi connectivity index (χ1n) is 6.02. The number of likely N-dealkylation sites (tertiary alicyclic amines) is 1. The molecule has 4 atom stereocenters. The molecule has 16 heavy (non-hydrogen) atoms. The van der Waals surface area contributed by atoms with Crippen LogP contribution in [0.5, 0.6) is 0 Å². The SMILES string of the molecule is CC1C(=O)CCN(CCC(C)S(C)=O)C1C. The minimum absolute atomic E-state index is 0.149. The summed E-state index contributed by atoms with van der Waals surface area (Å²) in [5.74, 6) is 0.534. The lowest BCUT2D eigenvalue weighted by Crippen LogP contribution is -2.47. The Kier molecular flexibility index (Phi) is 5.12. The van der Waals surface area contributed by atoms with Crippen molar-refractivity contribution in [2.45, 2.75) is 44.9 Å². The Bertz CT molecular complexity index is 280. The van der Waals surface area contributed by atoms with Crippen LogP contribution in [0, 0.1) is 5.92 Å². The lowest BCUT2D eigenvalue weighted by atomic mass is 9.90. The molecule has 0 N–H and O–H groups in total. The molecule has 0 spiro atoms. The molecule has 1 aliphatic heterocycles. The van der Waals surface area contributed by atoms with Crippen molar-refractivity contribution in [3.05, 3.63) is 0 Å². The number of carbonyl (C=O) groups excluding carboxylic acids is 1. The molecule has 0 aromatic carbocycles. The highest BCUT2D eigenvalue weighted by molar-refractivity contribution is 7.84. The molecule has 0 bridgehead atoms. The van der Waals surface area contributed by atoms with Crippen molar-refractivity contribution < 1.29 is 9.00 Å². The zero-order valence-corrected chi connectivity index (χ0v) is 11.5. The Labute approximate surface area is 101 Å². The van der Waals surface area contributed by atoms with Crippen LogP contribution in [0.15, 0.2) is 0 Å². The maximum atomic E-state index is 11.5.